The van der Waals surface area contributed by atoms with Crippen LogP contribution < -0.4 is 16.0 Å². The molecule has 0 saturated carbocycles. The molecule has 0 aromatic heterocycles. The topological polar surface area (TPSA) is 36.1 Å². The smallest absolute Gasteiger partial charge is 0.00385 e. The molecule has 3 N–H and O–H groups in total. The zero-order chi connectivity index (χ0) is 19.8. The van der Waals surface area contributed by atoms with E-state index >= 15 is 0 Å². The highest BCUT2D eigenvalue weighted by atomic mass is 14.9. The number of unbranched alkanes of at least 4 members (excludes halogenated alkanes) is 2. The van der Waals surface area contributed by atoms with Crippen molar-refractivity contribution in [1.29, 1.82) is 0 Å². The van der Waals surface area contributed by atoms with E-state index in [1.165, 1.54) is 77.5 Å². The molecule has 0 aliphatic rings. The van der Waals surface area contributed by atoms with E-state index < -0.39 is 0 Å². The minimum Gasteiger partial charge on any atom is -0.317 e. The van der Waals surface area contributed by atoms with Gasteiger partial charge in [-0.15, -0.1) is 0 Å². The van der Waals surface area contributed by atoms with E-state index in [0.29, 0.717) is 12.1 Å². The number of hydrogen-bond acceptors (Lipinski definition) is 3. The summed E-state index contributed by atoms with van der Waals surface area (Å²) in [5, 5.41) is 10.2. The summed E-state index contributed by atoms with van der Waals surface area (Å²) in [7, 11) is 0. The minimum absolute atomic E-state index is 0.681. The molecule has 0 rings (SSSR count). The van der Waals surface area contributed by atoms with Crippen molar-refractivity contribution >= 4 is 0 Å². The van der Waals surface area contributed by atoms with Crippen LogP contribution in [0.25, 0.3) is 0 Å². The first-order valence-corrected chi connectivity index (χ1v) is 11.2. The second kappa shape index (κ2) is 28.7. The lowest BCUT2D eigenvalue weighted by Crippen LogP contribution is -2.33. The first-order chi connectivity index (χ1) is 12.0. The summed E-state index contributed by atoms with van der Waals surface area (Å²) in [4.78, 5) is 0. The van der Waals surface area contributed by atoms with Crippen LogP contribution in [0.15, 0.2) is 0 Å². The lowest BCUT2D eigenvalue weighted by atomic mass is 10.2. The van der Waals surface area contributed by atoms with Crippen LogP contribution in [0.2, 0.25) is 0 Å². The van der Waals surface area contributed by atoms with Gasteiger partial charge in [-0.05, 0) is 78.6 Å². The van der Waals surface area contributed by atoms with Gasteiger partial charge in [0.15, 0.2) is 0 Å². The Morgan fingerprint density at radius 1 is 0.520 bits per heavy atom. The highest BCUT2D eigenvalue weighted by molar-refractivity contribution is 4.63. The molecule has 156 valence electrons. The van der Waals surface area contributed by atoms with Crippen molar-refractivity contribution in [2.75, 3.05) is 26.2 Å². The summed E-state index contributed by atoms with van der Waals surface area (Å²) in [6.07, 6.45) is 10.2. The molecule has 3 heteroatoms. The molecule has 0 heterocycles. The fourth-order valence-electron chi connectivity index (χ4n) is 1.93. The van der Waals surface area contributed by atoms with Gasteiger partial charge in [0.05, 0.1) is 0 Å². The van der Waals surface area contributed by atoms with Crippen LogP contribution in [0.4, 0.5) is 0 Å². The highest BCUT2D eigenvalue weighted by Crippen LogP contribution is 1.94. The molecule has 0 saturated heterocycles. The van der Waals surface area contributed by atoms with Crippen LogP contribution in [-0.2, 0) is 0 Å². The molecule has 3 nitrogen and oxygen atoms in total. The van der Waals surface area contributed by atoms with Gasteiger partial charge in [0, 0.05) is 12.1 Å². The number of rotatable bonds is 14. The molecule has 0 aromatic rings. The molecule has 2 unspecified atom stereocenters. The monoisotopic (exact) mass is 359 g/mol. The average molecular weight is 360 g/mol. The van der Waals surface area contributed by atoms with E-state index in [9.17, 15) is 0 Å². The molecular formula is C22H53N3. The summed E-state index contributed by atoms with van der Waals surface area (Å²) in [5.41, 5.74) is 0. The van der Waals surface area contributed by atoms with Gasteiger partial charge in [0.1, 0.15) is 0 Å². The predicted molar refractivity (Wildman–Crippen MR) is 119 cm³/mol. The lowest BCUT2D eigenvalue weighted by molar-refractivity contribution is 0.449. The third kappa shape index (κ3) is 35.8. The highest BCUT2D eigenvalue weighted by Gasteiger charge is 2.01. The van der Waals surface area contributed by atoms with Crippen LogP contribution in [0.5, 0.6) is 0 Å². The van der Waals surface area contributed by atoms with Crippen molar-refractivity contribution in [2.45, 2.75) is 119 Å². The molecular weight excluding hydrogens is 306 g/mol. The molecule has 0 fully saturated rings. The standard InChI is InChI=1S/2C8H19N.C6H15N/c1-5-7(3)9-8(4)6-2;1-3-5-7-9-8-6-4-2;1-3-5-7-6-4-2/h7-9H,5-6H2,1-4H3;9H,3-8H2,1-2H3;7H,3-6H2,1-2H3. The van der Waals surface area contributed by atoms with Crippen LogP contribution in [-0.4, -0.2) is 38.3 Å². The predicted octanol–water partition coefficient (Wildman–Crippen LogP) is 5.75. The third-order valence-corrected chi connectivity index (χ3v) is 4.06. The van der Waals surface area contributed by atoms with Gasteiger partial charge in [-0.25, -0.2) is 0 Å². The Balaban J connectivity index is -0.000000293. The second-order valence-corrected chi connectivity index (χ2v) is 6.99. The van der Waals surface area contributed by atoms with E-state index in [-0.39, 0.29) is 0 Å². The molecule has 2 atom stereocenters. The Kier molecular flexibility index (Phi) is 34.0. The molecule has 0 aromatic carbocycles. The number of nitrogens with one attached hydrogen (secondary N) is 3. The largest absolute Gasteiger partial charge is 0.317 e. The molecule has 0 amide bonds. The van der Waals surface area contributed by atoms with Gasteiger partial charge in [0.2, 0.25) is 0 Å². The molecule has 0 aliphatic carbocycles. The van der Waals surface area contributed by atoms with Crippen LogP contribution in [0.3, 0.4) is 0 Å². The van der Waals surface area contributed by atoms with Crippen molar-refractivity contribution in [3.63, 3.8) is 0 Å². The summed E-state index contributed by atoms with van der Waals surface area (Å²) >= 11 is 0. The summed E-state index contributed by atoms with van der Waals surface area (Å²) in [6, 6.07) is 1.36. The molecule has 0 aliphatic heterocycles. The lowest BCUT2D eigenvalue weighted by Gasteiger charge is -2.16. The third-order valence-electron chi connectivity index (χ3n) is 4.06. The maximum Gasteiger partial charge on any atom is 0.00385 e. The summed E-state index contributed by atoms with van der Waals surface area (Å²) in [5.74, 6) is 0. The zero-order valence-corrected chi connectivity index (χ0v) is 19.1. The summed E-state index contributed by atoms with van der Waals surface area (Å²) in [6.45, 7) is 22.4. The SMILES string of the molecule is CCC(C)NC(C)CC.CCCCNCCCC.CCCNCCC. The second-order valence-electron chi connectivity index (χ2n) is 6.99. The van der Waals surface area contributed by atoms with Gasteiger partial charge >= 0.3 is 0 Å². The van der Waals surface area contributed by atoms with Gasteiger partial charge in [-0.1, -0.05) is 54.4 Å². The zero-order valence-electron chi connectivity index (χ0n) is 19.1. The molecule has 25 heavy (non-hydrogen) atoms. The van der Waals surface area contributed by atoms with Crippen molar-refractivity contribution in [1.82, 2.24) is 16.0 Å². The van der Waals surface area contributed by atoms with Gasteiger partial charge in [0.25, 0.3) is 0 Å². The van der Waals surface area contributed by atoms with E-state index in [2.05, 4.69) is 71.3 Å². The fourth-order valence-corrected chi connectivity index (χ4v) is 1.93. The van der Waals surface area contributed by atoms with Crippen molar-refractivity contribution in [3.8, 4) is 0 Å². The van der Waals surface area contributed by atoms with Gasteiger partial charge in [-0.3, -0.25) is 0 Å². The van der Waals surface area contributed by atoms with Crippen LogP contribution in [0, 0.1) is 0 Å². The first kappa shape index (κ1) is 29.6. The normalized spacial score (nSPS) is 12.5. The van der Waals surface area contributed by atoms with Gasteiger partial charge in [-0.2, -0.15) is 0 Å². The Morgan fingerprint density at radius 2 is 0.880 bits per heavy atom. The maximum atomic E-state index is 3.48. The van der Waals surface area contributed by atoms with Crippen LogP contribution >= 0.6 is 0 Å². The Morgan fingerprint density at radius 3 is 1.16 bits per heavy atom. The maximum absolute atomic E-state index is 3.48. The Bertz CT molecular complexity index is 180. The minimum atomic E-state index is 0.681. The molecule has 0 spiro atoms. The quantitative estimate of drug-likeness (QED) is 0.346. The van der Waals surface area contributed by atoms with E-state index in [4.69, 9.17) is 0 Å². The van der Waals surface area contributed by atoms with E-state index in [1.54, 1.807) is 0 Å². The molecule has 0 radical (unpaired) electrons. The van der Waals surface area contributed by atoms with E-state index in [1.807, 2.05) is 0 Å². The summed E-state index contributed by atoms with van der Waals surface area (Å²) < 4.78 is 0. The van der Waals surface area contributed by atoms with Crippen molar-refractivity contribution < 1.29 is 0 Å². The molecule has 0 bridgehead atoms. The fraction of sp³-hybridized carbons (Fsp3) is 1.00. The first-order valence-electron chi connectivity index (χ1n) is 11.2. The van der Waals surface area contributed by atoms with Crippen molar-refractivity contribution in [2.24, 2.45) is 0 Å². The Hall–Kier alpha value is -0.120. The van der Waals surface area contributed by atoms with E-state index in [0.717, 1.165) is 0 Å². The van der Waals surface area contributed by atoms with Gasteiger partial charge < -0.3 is 16.0 Å². The van der Waals surface area contributed by atoms with Crippen molar-refractivity contribution in [3.05, 3.63) is 0 Å². The van der Waals surface area contributed by atoms with Crippen LogP contribution in [0.1, 0.15) is 107 Å². The Labute approximate surface area is 161 Å². The average Bonchev–Trinajstić information content (AvgIpc) is 2.63. The number of hydrogen-bond donors (Lipinski definition) is 3.